The molecule has 0 radical (unpaired) electrons. The normalized spacial score (nSPS) is 14.1. The predicted molar refractivity (Wildman–Crippen MR) is 72.6 cm³/mol. The van der Waals surface area contributed by atoms with E-state index in [0.29, 0.717) is 12.5 Å². The molecular weight excluding hydrogens is 234 g/mol. The van der Waals surface area contributed by atoms with Crippen LogP contribution in [0, 0.1) is 5.41 Å². The molecule has 2 N–H and O–H groups in total. The molecule has 1 rings (SSSR count). The van der Waals surface area contributed by atoms with Crippen molar-refractivity contribution < 1.29 is 5.11 Å². The van der Waals surface area contributed by atoms with Crippen LogP contribution in [-0.4, -0.2) is 27.1 Å². The van der Waals surface area contributed by atoms with Gasteiger partial charge in [0.25, 0.3) is 0 Å². The van der Waals surface area contributed by atoms with Gasteiger partial charge in [-0.1, -0.05) is 34.6 Å². The van der Waals surface area contributed by atoms with Crippen LogP contribution in [0.3, 0.4) is 0 Å². The molecule has 0 aliphatic rings. The van der Waals surface area contributed by atoms with Crippen LogP contribution < -0.4 is 5.32 Å². The summed E-state index contributed by atoms with van der Waals surface area (Å²) in [5.74, 6) is 1.21. The van der Waals surface area contributed by atoms with Gasteiger partial charge in [0.2, 0.25) is 5.13 Å². The molecule has 1 aromatic rings. The van der Waals surface area contributed by atoms with Crippen molar-refractivity contribution in [2.24, 2.45) is 5.41 Å². The van der Waals surface area contributed by atoms with E-state index in [1.54, 1.807) is 0 Å². The van der Waals surface area contributed by atoms with Crippen LogP contribution in [0.15, 0.2) is 0 Å². The molecule has 1 atom stereocenters. The monoisotopic (exact) mass is 257 g/mol. The van der Waals surface area contributed by atoms with Crippen molar-refractivity contribution in [1.82, 2.24) is 9.36 Å². The number of anilines is 1. The third-order valence-corrected chi connectivity index (χ3v) is 2.98. The summed E-state index contributed by atoms with van der Waals surface area (Å²) in [5.41, 5.74) is 0.144. The van der Waals surface area contributed by atoms with Gasteiger partial charge in [0, 0.05) is 24.0 Å². The van der Waals surface area contributed by atoms with Gasteiger partial charge in [-0.3, -0.25) is 0 Å². The van der Waals surface area contributed by atoms with E-state index in [9.17, 15) is 5.11 Å². The van der Waals surface area contributed by atoms with Crippen molar-refractivity contribution in [2.75, 3.05) is 11.9 Å². The van der Waals surface area contributed by atoms with Gasteiger partial charge in [-0.2, -0.15) is 4.37 Å². The number of aliphatic hydroxyl groups is 1. The summed E-state index contributed by atoms with van der Waals surface area (Å²) in [5, 5.41) is 13.8. The Morgan fingerprint density at radius 2 is 2.00 bits per heavy atom. The third kappa shape index (κ3) is 5.46. The Bertz CT molecular complexity index is 344. The Kier molecular flexibility index (Phi) is 4.89. The minimum absolute atomic E-state index is 0.144. The van der Waals surface area contributed by atoms with E-state index < -0.39 is 0 Å². The van der Waals surface area contributed by atoms with Crippen molar-refractivity contribution in [1.29, 1.82) is 0 Å². The highest BCUT2D eigenvalue weighted by atomic mass is 32.1. The van der Waals surface area contributed by atoms with Gasteiger partial charge in [-0.25, -0.2) is 4.98 Å². The van der Waals surface area contributed by atoms with Crippen molar-refractivity contribution in [3.63, 3.8) is 0 Å². The number of rotatable bonds is 5. The molecule has 0 aliphatic heterocycles. The second kappa shape index (κ2) is 5.78. The quantitative estimate of drug-likeness (QED) is 0.851. The van der Waals surface area contributed by atoms with Crippen LogP contribution in [-0.2, 0) is 0 Å². The number of nitrogens with zero attached hydrogens (tertiary/aromatic N) is 2. The largest absolute Gasteiger partial charge is 0.391 e. The summed E-state index contributed by atoms with van der Waals surface area (Å²) in [7, 11) is 0. The lowest BCUT2D eigenvalue weighted by atomic mass is 9.89. The lowest BCUT2D eigenvalue weighted by Crippen LogP contribution is -2.25. The summed E-state index contributed by atoms with van der Waals surface area (Å²) < 4.78 is 4.25. The predicted octanol–water partition coefficient (Wildman–Crippen LogP) is 2.87. The number of aliphatic hydroxyl groups excluding tert-OH is 1. The summed E-state index contributed by atoms with van der Waals surface area (Å²) in [6.07, 6.45) is 0.428. The SMILES string of the molecule is CC(C)c1nsc(NCC(O)CC(C)(C)C)n1. The first-order valence-electron chi connectivity index (χ1n) is 6.03. The van der Waals surface area contributed by atoms with Gasteiger partial charge in [0.1, 0.15) is 5.82 Å². The van der Waals surface area contributed by atoms with Crippen LogP contribution >= 0.6 is 11.5 Å². The molecule has 0 fully saturated rings. The lowest BCUT2D eigenvalue weighted by Gasteiger charge is -2.22. The highest BCUT2D eigenvalue weighted by Gasteiger charge is 2.17. The molecule has 0 saturated heterocycles. The van der Waals surface area contributed by atoms with Gasteiger partial charge in [0.05, 0.1) is 6.10 Å². The molecular formula is C12H23N3OS. The molecule has 17 heavy (non-hydrogen) atoms. The average Bonchev–Trinajstić information content (AvgIpc) is 2.60. The molecule has 1 aromatic heterocycles. The zero-order valence-electron chi connectivity index (χ0n) is 11.3. The van der Waals surface area contributed by atoms with Gasteiger partial charge in [-0.15, -0.1) is 0 Å². The van der Waals surface area contributed by atoms with E-state index in [4.69, 9.17) is 0 Å². The molecule has 1 unspecified atom stereocenters. The zero-order valence-corrected chi connectivity index (χ0v) is 12.1. The first-order valence-corrected chi connectivity index (χ1v) is 6.81. The van der Waals surface area contributed by atoms with Crippen LogP contribution in [0.2, 0.25) is 0 Å². The minimum atomic E-state index is -0.346. The fourth-order valence-corrected chi connectivity index (χ4v) is 2.24. The maximum Gasteiger partial charge on any atom is 0.202 e. The molecule has 0 bridgehead atoms. The van der Waals surface area contributed by atoms with Gasteiger partial charge in [-0.05, 0) is 11.8 Å². The van der Waals surface area contributed by atoms with E-state index in [1.165, 1.54) is 11.5 Å². The van der Waals surface area contributed by atoms with E-state index in [2.05, 4.69) is 49.3 Å². The minimum Gasteiger partial charge on any atom is -0.391 e. The smallest absolute Gasteiger partial charge is 0.202 e. The van der Waals surface area contributed by atoms with Crippen molar-refractivity contribution in [3.05, 3.63) is 5.82 Å². The Morgan fingerprint density at radius 1 is 1.35 bits per heavy atom. The lowest BCUT2D eigenvalue weighted by molar-refractivity contribution is 0.132. The highest BCUT2D eigenvalue weighted by Crippen LogP contribution is 2.21. The second-order valence-electron chi connectivity index (χ2n) is 5.91. The van der Waals surface area contributed by atoms with Gasteiger partial charge in [0.15, 0.2) is 0 Å². The van der Waals surface area contributed by atoms with Crippen LogP contribution in [0.1, 0.15) is 52.8 Å². The summed E-state index contributed by atoms with van der Waals surface area (Å²) in [6, 6.07) is 0. The van der Waals surface area contributed by atoms with E-state index in [-0.39, 0.29) is 11.5 Å². The summed E-state index contributed by atoms with van der Waals surface area (Å²) in [4.78, 5) is 4.36. The molecule has 0 amide bonds. The summed E-state index contributed by atoms with van der Waals surface area (Å²) in [6.45, 7) is 11.0. The standard InChI is InChI=1S/C12H23N3OS/c1-8(2)10-14-11(17-15-10)13-7-9(16)6-12(3,4)5/h8-9,16H,6-7H2,1-5H3,(H,13,14,15). The topological polar surface area (TPSA) is 58.0 Å². The Labute approximate surface area is 108 Å². The second-order valence-corrected chi connectivity index (χ2v) is 6.66. The van der Waals surface area contributed by atoms with Crippen LogP contribution in [0.4, 0.5) is 5.13 Å². The van der Waals surface area contributed by atoms with E-state index in [1.807, 2.05) is 0 Å². The molecule has 1 heterocycles. The Hall–Kier alpha value is -0.680. The fourth-order valence-electron chi connectivity index (χ4n) is 1.53. The third-order valence-electron chi connectivity index (χ3n) is 2.30. The maximum absolute atomic E-state index is 9.86. The number of hydrogen-bond acceptors (Lipinski definition) is 5. The number of nitrogens with one attached hydrogen (secondary N) is 1. The molecule has 0 spiro atoms. The van der Waals surface area contributed by atoms with Crippen LogP contribution in [0.25, 0.3) is 0 Å². The number of hydrogen-bond donors (Lipinski definition) is 2. The van der Waals surface area contributed by atoms with Gasteiger partial charge >= 0.3 is 0 Å². The highest BCUT2D eigenvalue weighted by molar-refractivity contribution is 7.09. The van der Waals surface area contributed by atoms with E-state index in [0.717, 1.165) is 17.4 Å². The van der Waals surface area contributed by atoms with E-state index >= 15 is 0 Å². The molecule has 98 valence electrons. The van der Waals surface area contributed by atoms with Crippen molar-refractivity contribution >= 4 is 16.7 Å². The summed E-state index contributed by atoms with van der Waals surface area (Å²) >= 11 is 1.35. The molecule has 0 aliphatic carbocycles. The average molecular weight is 257 g/mol. The number of aromatic nitrogens is 2. The molecule has 0 saturated carbocycles. The van der Waals surface area contributed by atoms with Crippen LogP contribution in [0.5, 0.6) is 0 Å². The van der Waals surface area contributed by atoms with Gasteiger partial charge < -0.3 is 10.4 Å². The first kappa shape index (κ1) is 14.4. The molecule has 5 heteroatoms. The Balaban J connectivity index is 2.39. The first-order chi connectivity index (χ1) is 7.78. The Morgan fingerprint density at radius 3 is 2.47 bits per heavy atom. The van der Waals surface area contributed by atoms with Crippen molar-refractivity contribution in [2.45, 2.75) is 53.1 Å². The molecule has 0 aromatic carbocycles. The van der Waals surface area contributed by atoms with Crippen molar-refractivity contribution in [3.8, 4) is 0 Å². The maximum atomic E-state index is 9.86. The molecule has 4 nitrogen and oxygen atoms in total. The fraction of sp³-hybridized carbons (Fsp3) is 0.833. The zero-order chi connectivity index (χ0) is 13.1.